The van der Waals surface area contributed by atoms with E-state index in [4.69, 9.17) is 4.74 Å². The van der Waals surface area contributed by atoms with Crippen LogP contribution < -0.4 is 5.32 Å². The van der Waals surface area contributed by atoms with Gasteiger partial charge in [-0.1, -0.05) is 30.3 Å². The molecule has 2 amide bonds. The maximum Gasteiger partial charge on any atom is 0.247 e. The van der Waals surface area contributed by atoms with Crippen LogP contribution in [0.5, 0.6) is 0 Å². The summed E-state index contributed by atoms with van der Waals surface area (Å²) in [5, 5.41) is 11.0. The summed E-state index contributed by atoms with van der Waals surface area (Å²) >= 11 is 0. The van der Waals surface area contributed by atoms with Crippen LogP contribution in [0.25, 0.3) is 10.9 Å². The number of H-pyrrole nitrogens is 1. The Hall–Kier alpha value is -3.26. The molecule has 2 N–H and O–H groups in total. The Morgan fingerprint density at radius 1 is 1.21 bits per heavy atom. The van der Waals surface area contributed by atoms with E-state index in [1.165, 1.54) is 6.07 Å². The predicted molar refractivity (Wildman–Crippen MR) is 123 cm³/mol. The number of carbonyl (C=O) groups is 2. The molecular weight excluding hydrogens is 423 g/mol. The van der Waals surface area contributed by atoms with Crippen molar-refractivity contribution in [1.29, 1.82) is 0 Å². The molecule has 33 heavy (non-hydrogen) atoms. The first-order valence-electron chi connectivity index (χ1n) is 11.2. The fourth-order valence-electron chi connectivity index (χ4n) is 4.36. The minimum atomic E-state index is -1.12. The highest BCUT2D eigenvalue weighted by Gasteiger charge is 2.35. The Morgan fingerprint density at radius 2 is 2.00 bits per heavy atom. The van der Waals surface area contributed by atoms with Crippen molar-refractivity contribution in [3.63, 3.8) is 0 Å². The molecule has 1 saturated heterocycles. The maximum atomic E-state index is 13.9. The summed E-state index contributed by atoms with van der Waals surface area (Å²) in [5.41, 5.74) is 1.31. The van der Waals surface area contributed by atoms with Gasteiger partial charge in [0.1, 0.15) is 11.4 Å². The molecule has 2 heterocycles. The molecule has 1 aromatic heterocycles. The van der Waals surface area contributed by atoms with Crippen LogP contribution in [-0.2, 0) is 27.2 Å². The Balaban J connectivity index is 1.42. The van der Waals surface area contributed by atoms with Crippen LogP contribution in [0.4, 0.5) is 4.39 Å². The van der Waals surface area contributed by atoms with Gasteiger partial charge in [-0.05, 0) is 43.5 Å². The zero-order valence-electron chi connectivity index (χ0n) is 18.9. The lowest BCUT2D eigenvalue weighted by Crippen LogP contribution is -2.57. The van der Waals surface area contributed by atoms with Crippen molar-refractivity contribution in [3.8, 4) is 0 Å². The lowest BCUT2D eigenvalue weighted by Gasteiger charge is -2.33. The second-order valence-corrected chi connectivity index (χ2v) is 9.09. The summed E-state index contributed by atoms with van der Waals surface area (Å²) in [6.45, 7) is 5.34. The number of nitrogens with zero attached hydrogens (tertiary/aromatic N) is 2. The van der Waals surface area contributed by atoms with Crippen molar-refractivity contribution in [2.45, 2.75) is 32.2 Å². The average molecular weight is 453 g/mol. The van der Waals surface area contributed by atoms with E-state index >= 15 is 0 Å². The molecule has 7 nitrogen and oxygen atoms in total. The zero-order chi connectivity index (χ0) is 23.4. The molecule has 174 valence electrons. The number of hydrogen-bond donors (Lipinski definition) is 2. The first kappa shape index (κ1) is 22.9. The van der Waals surface area contributed by atoms with Gasteiger partial charge in [0.25, 0.3) is 0 Å². The van der Waals surface area contributed by atoms with Gasteiger partial charge in [0.05, 0.1) is 31.3 Å². The number of aromatic nitrogens is 2. The number of nitrogens with one attached hydrogen (secondary N) is 2. The van der Waals surface area contributed by atoms with Crippen molar-refractivity contribution < 1.29 is 18.7 Å². The summed E-state index contributed by atoms with van der Waals surface area (Å²) in [6, 6.07) is 12.2. The molecule has 0 saturated carbocycles. The summed E-state index contributed by atoms with van der Waals surface area (Å²) in [6.07, 6.45) is 2.45. The Bertz CT molecular complexity index is 1140. The van der Waals surface area contributed by atoms with E-state index in [0.717, 1.165) is 22.9 Å². The van der Waals surface area contributed by atoms with Crippen LogP contribution in [0.1, 0.15) is 25.0 Å². The largest absolute Gasteiger partial charge is 0.379 e. The molecule has 0 bridgehead atoms. The van der Waals surface area contributed by atoms with Crippen LogP contribution >= 0.6 is 0 Å². The van der Waals surface area contributed by atoms with Crippen LogP contribution in [0.15, 0.2) is 48.7 Å². The number of fused-ring (bicyclic) bond motifs is 1. The standard InChI is InChI=1S/C25H29FN4O3/c1-25(2,28-23(31)13-19-6-3-4-8-21(19)26)24(32)30-10-11-33-16-17(15-30)12-18-7-5-9-22-20(18)14-27-29-22/h3-9,14,17H,10-13,15-16H2,1-2H3,(H,27,29)(H,28,31). The van der Waals surface area contributed by atoms with E-state index in [1.54, 1.807) is 36.9 Å². The first-order chi connectivity index (χ1) is 15.8. The van der Waals surface area contributed by atoms with Gasteiger partial charge in [-0.15, -0.1) is 0 Å². The third kappa shape index (κ3) is 5.39. The van der Waals surface area contributed by atoms with E-state index in [0.29, 0.717) is 31.9 Å². The maximum absolute atomic E-state index is 13.9. The minimum Gasteiger partial charge on any atom is -0.379 e. The van der Waals surface area contributed by atoms with Gasteiger partial charge in [-0.25, -0.2) is 4.39 Å². The van der Waals surface area contributed by atoms with Gasteiger partial charge in [-0.3, -0.25) is 14.7 Å². The Kier molecular flexibility index (Phi) is 6.74. The summed E-state index contributed by atoms with van der Waals surface area (Å²) in [7, 11) is 0. The lowest BCUT2D eigenvalue weighted by atomic mass is 9.96. The number of amides is 2. The highest BCUT2D eigenvalue weighted by Crippen LogP contribution is 2.22. The van der Waals surface area contributed by atoms with Crippen molar-refractivity contribution in [2.75, 3.05) is 26.3 Å². The quantitative estimate of drug-likeness (QED) is 0.602. The number of carbonyl (C=O) groups excluding carboxylic acids is 2. The second-order valence-electron chi connectivity index (χ2n) is 9.09. The summed E-state index contributed by atoms with van der Waals surface area (Å²) < 4.78 is 19.7. The molecule has 1 aliphatic rings. The highest BCUT2D eigenvalue weighted by atomic mass is 19.1. The SMILES string of the molecule is CC(C)(NC(=O)Cc1ccccc1F)C(=O)N1CCOCC(Cc2cccc3[nH]ncc23)C1. The fourth-order valence-corrected chi connectivity index (χ4v) is 4.36. The monoisotopic (exact) mass is 452 g/mol. The number of rotatable bonds is 6. The first-order valence-corrected chi connectivity index (χ1v) is 11.2. The van der Waals surface area contributed by atoms with Crippen LogP contribution in [0.2, 0.25) is 0 Å². The van der Waals surface area contributed by atoms with E-state index < -0.39 is 17.3 Å². The van der Waals surface area contributed by atoms with E-state index in [1.807, 2.05) is 18.3 Å². The molecule has 0 spiro atoms. The van der Waals surface area contributed by atoms with Gasteiger partial charge >= 0.3 is 0 Å². The van der Waals surface area contributed by atoms with Gasteiger partial charge in [0.15, 0.2) is 0 Å². The Labute approximate surface area is 192 Å². The van der Waals surface area contributed by atoms with E-state index in [-0.39, 0.29) is 18.2 Å². The third-order valence-electron chi connectivity index (χ3n) is 6.00. The molecule has 8 heteroatoms. The molecular formula is C25H29FN4O3. The van der Waals surface area contributed by atoms with Gasteiger partial charge in [0.2, 0.25) is 11.8 Å². The van der Waals surface area contributed by atoms with Gasteiger partial charge in [-0.2, -0.15) is 5.10 Å². The average Bonchev–Trinajstić information content (AvgIpc) is 3.15. The highest BCUT2D eigenvalue weighted by molar-refractivity contribution is 5.91. The van der Waals surface area contributed by atoms with Crippen LogP contribution in [0.3, 0.4) is 0 Å². The zero-order valence-corrected chi connectivity index (χ0v) is 18.9. The smallest absolute Gasteiger partial charge is 0.247 e. The van der Waals surface area contributed by atoms with E-state index in [9.17, 15) is 14.0 Å². The number of ether oxygens (including phenoxy) is 1. The molecule has 1 aliphatic heterocycles. The molecule has 1 atom stereocenters. The normalized spacial score (nSPS) is 17.1. The van der Waals surface area contributed by atoms with E-state index in [2.05, 4.69) is 21.6 Å². The third-order valence-corrected chi connectivity index (χ3v) is 6.00. The number of benzene rings is 2. The molecule has 1 fully saturated rings. The molecule has 0 aliphatic carbocycles. The minimum absolute atomic E-state index is 0.113. The lowest BCUT2D eigenvalue weighted by molar-refractivity contribution is -0.140. The second kappa shape index (κ2) is 9.70. The molecule has 2 aromatic carbocycles. The molecule has 4 rings (SSSR count). The topological polar surface area (TPSA) is 87.3 Å². The van der Waals surface area contributed by atoms with Crippen LogP contribution in [0, 0.1) is 11.7 Å². The predicted octanol–water partition coefficient (Wildman–Crippen LogP) is 2.86. The summed E-state index contributed by atoms with van der Waals surface area (Å²) in [5.74, 6) is -0.895. The fraction of sp³-hybridized carbons (Fsp3) is 0.400. The molecule has 0 radical (unpaired) electrons. The van der Waals surface area contributed by atoms with Crippen molar-refractivity contribution in [2.24, 2.45) is 5.92 Å². The number of halogens is 1. The molecule has 1 unspecified atom stereocenters. The van der Waals surface area contributed by atoms with Crippen LogP contribution in [-0.4, -0.2) is 58.8 Å². The number of hydrogen-bond acceptors (Lipinski definition) is 4. The van der Waals surface area contributed by atoms with Crippen molar-refractivity contribution in [3.05, 3.63) is 65.6 Å². The molecule has 3 aromatic rings. The Morgan fingerprint density at radius 3 is 2.82 bits per heavy atom. The van der Waals surface area contributed by atoms with Gasteiger partial charge in [0, 0.05) is 24.4 Å². The van der Waals surface area contributed by atoms with Crippen molar-refractivity contribution >= 4 is 22.7 Å². The number of aromatic amines is 1. The summed E-state index contributed by atoms with van der Waals surface area (Å²) in [4.78, 5) is 27.7. The van der Waals surface area contributed by atoms with Gasteiger partial charge < -0.3 is 15.0 Å². The van der Waals surface area contributed by atoms with Crippen molar-refractivity contribution in [1.82, 2.24) is 20.4 Å².